The van der Waals surface area contributed by atoms with Gasteiger partial charge in [-0.2, -0.15) is 0 Å². The van der Waals surface area contributed by atoms with Gasteiger partial charge in [-0.05, 0) is 19.3 Å². The van der Waals surface area contributed by atoms with E-state index in [2.05, 4.69) is 19.2 Å². The van der Waals surface area contributed by atoms with Crippen LogP contribution in [0.2, 0.25) is 0 Å². The van der Waals surface area contributed by atoms with E-state index >= 15 is 0 Å². The van der Waals surface area contributed by atoms with Gasteiger partial charge < -0.3 is 65.1 Å². The lowest BCUT2D eigenvalue weighted by atomic mass is 9.97. The topological polar surface area (TPSA) is 228 Å². The van der Waals surface area contributed by atoms with Gasteiger partial charge in [0.05, 0.1) is 32.0 Å². The maximum absolute atomic E-state index is 13.3. The molecule has 81 heavy (non-hydrogen) atoms. The van der Waals surface area contributed by atoms with Crippen molar-refractivity contribution in [1.82, 2.24) is 5.32 Å². The van der Waals surface area contributed by atoms with E-state index in [1.807, 2.05) is 6.08 Å². The molecule has 14 heteroatoms. The third-order valence-electron chi connectivity index (χ3n) is 17.2. The number of rotatable bonds is 57. The molecule has 2 saturated heterocycles. The fourth-order valence-corrected chi connectivity index (χ4v) is 11.7. The van der Waals surface area contributed by atoms with Crippen LogP contribution in [0.4, 0.5) is 0 Å². The molecule has 0 bridgehead atoms. The van der Waals surface area contributed by atoms with E-state index in [1.165, 1.54) is 250 Å². The molecule has 0 radical (unpaired) electrons. The predicted molar refractivity (Wildman–Crippen MR) is 328 cm³/mol. The van der Waals surface area contributed by atoms with Gasteiger partial charge in [0.2, 0.25) is 5.91 Å². The molecule has 2 rings (SSSR count). The number of amides is 1. The summed E-state index contributed by atoms with van der Waals surface area (Å²) < 4.78 is 22.8. The highest BCUT2D eigenvalue weighted by Crippen LogP contribution is 2.30. The van der Waals surface area contributed by atoms with Crippen LogP contribution >= 0.6 is 0 Å². The molecule has 1 amide bonds. The second-order valence-corrected chi connectivity index (χ2v) is 24.7. The maximum atomic E-state index is 13.3. The zero-order valence-electron chi connectivity index (χ0n) is 52.1. The standard InChI is InChI=1S/C67H129NO13/c1-3-5-7-9-11-13-15-17-19-21-23-24-25-26-27-28-29-30-31-32-33-34-36-38-40-42-44-46-48-50-56(71)55(68-59(72)51-49-47-45-43-41-39-37-35-22-20-18-16-14-12-10-8-6-4-2)54-78-66-64(77)62(75)65(58(53-70)80-66)81-67-63(76)61(74)60(73)57(52-69)79-67/h48,50,55-58,60-67,69-71,73-77H,3-47,49,51-54H2,1-2H3,(H,68,72)/b50-48+. The number of nitrogens with one attached hydrogen (secondary N) is 1. The number of ether oxygens (including phenoxy) is 4. The molecule has 12 atom stereocenters. The highest BCUT2D eigenvalue weighted by atomic mass is 16.7. The second kappa shape index (κ2) is 53.0. The lowest BCUT2D eigenvalue weighted by Crippen LogP contribution is -2.65. The highest BCUT2D eigenvalue weighted by Gasteiger charge is 2.51. The summed E-state index contributed by atoms with van der Waals surface area (Å²) in [6, 6.07) is -0.910. The summed E-state index contributed by atoms with van der Waals surface area (Å²) in [5.74, 6) is -0.232. The van der Waals surface area contributed by atoms with Gasteiger partial charge in [-0.25, -0.2) is 0 Å². The lowest BCUT2D eigenvalue weighted by molar-refractivity contribution is -0.359. The van der Waals surface area contributed by atoms with Crippen molar-refractivity contribution >= 4 is 5.91 Å². The van der Waals surface area contributed by atoms with E-state index < -0.39 is 86.8 Å². The number of carbonyl (C=O) groups is 1. The average Bonchev–Trinajstić information content (AvgIpc) is 3.62. The average molecular weight is 1160 g/mol. The first kappa shape index (κ1) is 75.8. The molecule has 0 spiro atoms. The Balaban J connectivity index is 1.68. The van der Waals surface area contributed by atoms with Crippen LogP contribution in [0.15, 0.2) is 12.2 Å². The molecule has 2 fully saturated rings. The number of unbranched alkanes of at least 4 members (excludes halogenated alkanes) is 44. The van der Waals surface area contributed by atoms with Crippen LogP contribution in [0.25, 0.3) is 0 Å². The molecule has 480 valence electrons. The Bertz CT molecular complexity index is 1410. The summed E-state index contributed by atoms with van der Waals surface area (Å²) in [5.41, 5.74) is 0. The van der Waals surface area contributed by atoms with Crippen LogP contribution in [-0.4, -0.2) is 140 Å². The van der Waals surface area contributed by atoms with Gasteiger partial charge >= 0.3 is 0 Å². The van der Waals surface area contributed by atoms with Crippen molar-refractivity contribution in [1.29, 1.82) is 0 Å². The van der Waals surface area contributed by atoms with Gasteiger partial charge in [0.25, 0.3) is 0 Å². The SMILES string of the molecule is CCCCCCCCCCCCCCCCCCCCCCCCCCCCC/C=C/C(O)C(COC1OC(CO)C(OC2OC(CO)C(O)C(O)C2O)C(O)C1O)NC(=O)CCCCCCCCCCCCCCCCCCCC. The quantitative estimate of drug-likeness (QED) is 0.0204. The summed E-state index contributed by atoms with van der Waals surface area (Å²) >= 11 is 0. The Kier molecular flexibility index (Phi) is 49.6. The number of hydrogen-bond acceptors (Lipinski definition) is 13. The van der Waals surface area contributed by atoms with Gasteiger partial charge in [0.1, 0.15) is 48.8 Å². The van der Waals surface area contributed by atoms with Crippen molar-refractivity contribution in [2.75, 3.05) is 19.8 Å². The molecule has 12 unspecified atom stereocenters. The van der Waals surface area contributed by atoms with Crippen molar-refractivity contribution in [3.8, 4) is 0 Å². The fourth-order valence-electron chi connectivity index (χ4n) is 11.7. The number of aliphatic hydroxyl groups is 8. The first-order valence-corrected chi connectivity index (χ1v) is 34.4. The minimum absolute atomic E-state index is 0.232. The minimum Gasteiger partial charge on any atom is -0.394 e. The summed E-state index contributed by atoms with van der Waals surface area (Å²) in [6.45, 7) is 2.85. The fraction of sp³-hybridized carbons (Fsp3) is 0.955. The zero-order valence-corrected chi connectivity index (χ0v) is 52.1. The van der Waals surface area contributed by atoms with Crippen molar-refractivity contribution in [3.63, 3.8) is 0 Å². The van der Waals surface area contributed by atoms with Gasteiger partial charge in [-0.3, -0.25) is 4.79 Å². The molecule has 2 aliphatic rings. The lowest BCUT2D eigenvalue weighted by Gasteiger charge is -2.46. The molecule has 14 nitrogen and oxygen atoms in total. The van der Waals surface area contributed by atoms with Crippen molar-refractivity contribution < 1.29 is 64.6 Å². The largest absolute Gasteiger partial charge is 0.394 e. The van der Waals surface area contributed by atoms with Crippen LogP contribution in [0.3, 0.4) is 0 Å². The van der Waals surface area contributed by atoms with Crippen LogP contribution < -0.4 is 5.32 Å². The number of allylic oxidation sites excluding steroid dienone is 1. The maximum Gasteiger partial charge on any atom is 0.220 e. The Morgan fingerprint density at radius 3 is 1.14 bits per heavy atom. The molecule has 0 aromatic carbocycles. The Morgan fingerprint density at radius 2 is 0.765 bits per heavy atom. The first-order chi connectivity index (χ1) is 39.6. The summed E-state index contributed by atoms with van der Waals surface area (Å²) in [6.07, 6.45) is 47.0. The molecular formula is C67H129NO13. The van der Waals surface area contributed by atoms with E-state index in [1.54, 1.807) is 6.08 Å². The van der Waals surface area contributed by atoms with E-state index in [0.29, 0.717) is 6.42 Å². The van der Waals surface area contributed by atoms with E-state index in [9.17, 15) is 45.6 Å². The molecule has 0 saturated carbocycles. The number of hydrogen-bond donors (Lipinski definition) is 9. The second-order valence-electron chi connectivity index (χ2n) is 24.7. The molecule has 0 aliphatic carbocycles. The monoisotopic (exact) mass is 1160 g/mol. The van der Waals surface area contributed by atoms with Gasteiger partial charge in [0, 0.05) is 6.42 Å². The smallest absolute Gasteiger partial charge is 0.220 e. The van der Waals surface area contributed by atoms with E-state index in [0.717, 1.165) is 38.5 Å². The third-order valence-corrected chi connectivity index (χ3v) is 17.2. The van der Waals surface area contributed by atoms with Crippen molar-refractivity contribution in [3.05, 3.63) is 12.2 Å². The predicted octanol–water partition coefficient (Wildman–Crippen LogP) is 13.4. The minimum atomic E-state index is -1.79. The van der Waals surface area contributed by atoms with Crippen molar-refractivity contribution in [2.45, 2.75) is 389 Å². The Labute approximate surface area is 495 Å². The van der Waals surface area contributed by atoms with Crippen LogP contribution in [0.5, 0.6) is 0 Å². The molecule has 2 aliphatic heterocycles. The Morgan fingerprint density at radius 1 is 0.432 bits per heavy atom. The molecule has 2 heterocycles. The number of carbonyl (C=O) groups excluding carboxylic acids is 1. The van der Waals surface area contributed by atoms with Crippen LogP contribution in [0, 0.1) is 0 Å². The van der Waals surface area contributed by atoms with Gasteiger partial charge in [-0.15, -0.1) is 0 Å². The van der Waals surface area contributed by atoms with Crippen molar-refractivity contribution in [2.24, 2.45) is 0 Å². The number of aliphatic hydroxyl groups excluding tert-OH is 8. The summed E-state index contributed by atoms with van der Waals surface area (Å²) in [7, 11) is 0. The Hall–Kier alpha value is -1.27. The van der Waals surface area contributed by atoms with Crippen LogP contribution in [-0.2, 0) is 23.7 Å². The first-order valence-electron chi connectivity index (χ1n) is 34.4. The van der Waals surface area contributed by atoms with E-state index in [4.69, 9.17) is 18.9 Å². The normalized spacial score (nSPS) is 24.1. The zero-order chi connectivity index (χ0) is 58.8. The molecular weight excluding hydrogens is 1030 g/mol. The third kappa shape index (κ3) is 37.8. The summed E-state index contributed by atoms with van der Waals surface area (Å²) in [5, 5.41) is 87.4. The van der Waals surface area contributed by atoms with Gasteiger partial charge in [-0.1, -0.05) is 302 Å². The van der Waals surface area contributed by atoms with E-state index in [-0.39, 0.29) is 18.9 Å². The summed E-state index contributed by atoms with van der Waals surface area (Å²) in [4.78, 5) is 13.3. The molecule has 0 aromatic rings. The highest BCUT2D eigenvalue weighted by molar-refractivity contribution is 5.76. The van der Waals surface area contributed by atoms with Crippen LogP contribution in [0.1, 0.15) is 316 Å². The molecule has 0 aromatic heterocycles. The molecule has 9 N–H and O–H groups in total. The van der Waals surface area contributed by atoms with Gasteiger partial charge in [0.15, 0.2) is 12.6 Å².